The van der Waals surface area contributed by atoms with E-state index in [0.29, 0.717) is 7.11 Å². The van der Waals surface area contributed by atoms with Gasteiger partial charge in [-0.1, -0.05) is 30.3 Å². The molecule has 0 saturated heterocycles. The summed E-state index contributed by atoms with van der Waals surface area (Å²) in [4.78, 5) is 24.1. The molecule has 1 aromatic heterocycles. The Morgan fingerprint density at radius 1 is 0.698 bits per heavy atom. The van der Waals surface area contributed by atoms with E-state index in [-0.39, 0.29) is 22.5 Å². The SMILES string of the molecule is COC(=O)c1c(-c2ccccc2)csc1NC(=O)C(F)(F)C(F)(F)C(F)(F)C(F)(F)C(F)(F)C(F)(F)C(F)(F)C(F)(F)Cl. The van der Waals surface area contributed by atoms with Crippen LogP contribution in [0.1, 0.15) is 10.4 Å². The second-order valence-corrected chi connectivity index (χ2v) is 9.54. The second kappa shape index (κ2) is 10.9. The molecule has 0 atom stereocenters. The Hall–Kier alpha value is -2.97. The Bertz CT molecular complexity index is 1360. The first kappa shape index (κ1) is 36.2. The molecule has 0 aliphatic rings. The van der Waals surface area contributed by atoms with Crippen LogP contribution in [0.25, 0.3) is 11.1 Å². The van der Waals surface area contributed by atoms with Crippen molar-refractivity contribution in [1.82, 2.24) is 0 Å². The second-order valence-electron chi connectivity index (χ2n) is 8.18. The third-order valence-corrected chi connectivity index (χ3v) is 6.63. The first-order valence-electron chi connectivity index (χ1n) is 10.4. The van der Waals surface area contributed by atoms with Gasteiger partial charge >= 0.3 is 58.7 Å². The highest BCUT2D eigenvalue weighted by atomic mass is 35.5. The van der Waals surface area contributed by atoms with Crippen molar-refractivity contribution in [3.8, 4) is 11.1 Å². The lowest BCUT2D eigenvalue weighted by Crippen LogP contribution is -2.75. The molecule has 2 rings (SSSR count). The highest BCUT2D eigenvalue weighted by molar-refractivity contribution is 7.15. The van der Waals surface area contributed by atoms with Gasteiger partial charge < -0.3 is 10.1 Å². The molecule has 0 aliphatic heterocycles. The Balaban J connectivity index is 2.60. The monoisotopic (exact) mass is 695 g/mol. The minimum absolute atomic E-state index is 0.0628. The van der Waals surface area contributed by atoms with Crippen LogP contribution in [-0.4, -0.2) is 65.8 Å². The van der Waals surface area contributed by atoms with E-state index >= 15 is 0 Å². The summed E-state index contributed by atoms with van der Waals surface area (Å²) < 4.78 is 223. The van der Waals surface area contributed by atoms with Crippen LogP contribution in [0.3, 0.4) is 0 Å². The molecular weight excluding hydrogens is 686 g/mol. The molecule has 43 heavy (non-hydrogen) atoms. The number of carbonyl (C=O) groups excluding carboxylic acids is 2. The molecule has 242 valence electrons. The van der Waals surface area contributed by atoms with Crippen LogP contribution in [0.5, 0.6) is 0 Å². The largest absolute Gasteiger partial charge is 0.465 e. The van der Waals surface area contributed by atoms with E-state index in [9.17, 15) is 79.8 Å². The summed E-state index contributed by atoms with van der Waals surface area (Å²) in [6.45, 7) is 0. The number of carbonyl (C=O) groups is 2. The van der Waals surface area contributed by atoms with Gasteiger partial charge in [-0.2, -0.15) is 70.2 Å². The maximum atomic E-state index is 14.4. The van der Waals surface area contributed by atoms with Gasteiger partial charge in [-0.05, 0) is 17.2 Å². The van der Waals surface area contributed by atoms with Crippen molar-refractivity contribution >= 4 is 39.8 Å². The van der Waals surface area contributed by atoms with Crippen LogP contribution in [0.4, 0.5) is 75.2 Å². The van der Waals surface area contributed by atoms with Crippen molar-refractivity contribution in [2.45, 2.75) is 46.8 Å². The van der Waals surface area contributed by atoms with Crippen LogP contribution < -0.4 is 5.32 Å². The Kier molecular flexibility index (Phi) is 9.17. The standard InChI is InChI=1S/C21H10ClF16NO3S/c1-42-12(40)10-9(8-5-3-2-4-6-8)7-43-11(10)39-13(41)14(23,24)15(25,26)16(27,28)17(29,30)18(31,32)19(33,34)20(35,36)21(22,37)38/h2-7H,1H3,(H,39,41). The minimum atomic E-state index is -8.72. The number of anilines is 1. The van der Waals surface area contributed by atoms with Crippen molar-refractivity contribution in [2.24, 2.45) is 0 Å². The molecule has 1 N–H and O–H groups in total. The predicted molar refractivity (Wildman–Crippen MR) is 115 cm³/mol. The van der Waals surface area contributed by atoms with Crippen LogP contribution in [-0.2, 0) is 9.53 Å². The van der Waals surface area contributed by atoms with E-state index in [1.165, 1.54) is 30.3 Å². The van der Waals surface area contributed by atoms with Crippen molar-refractivity contribution in [2.75, 3.05) is 12.4 Å². The molecule has 1 heterocycles. The number of nitrogens with one attached hydrogen (secondary N) is 1. The fourth-order valence-corrected chi connectivity index (χ4v) is 4.14. The van der Waals surface area contributed by atoms with Gasteiger partial charge in [-0.3, -0.25) is 4.79 Å². The van der Waals surface area contributed by atoms with Crippen molar-refractivity contribution < 1.29 is 84.6 Å². The van der Waals surface area contributed by atoms with Crippen LogP contribution in [0, 0.1) is 0 Å². The molecule has 1 aromatic carbocycles. The summed E-state index contributed by atoms with van der Waals surface area (Å²) in [7, 11) is 0.686. The molecule has 2 aromatic rings. The molecule has 0 radical (unpaired) electrons. The first-order chi connectivity index (χ1) is 19.1. The highest BCUT2D eigenvalue weighted by Gasteiger charge is 2.95. The number of alkyl halides is 17. The average Bonchev–Trinajstić information content (AvgIpc) is 3.30. The molecule has 0 spiro atoms. The number of hydrogen-bond acceptors (Lipinski definition) is 4. The zero-order chi connectivity index (χ0) is 33.8. The number of thiophene rings is 1. The van der Waals surface area contributed by atoms with Crippen LogP contribution in [0.15, 0.2) is 35.7 Å². The molecule has 0 aliphatic carbocycles. The molecule has 22 heteroatoms. The number of ether oxygens (including phenoxy) is 1. The number of hydrogen-bond donors (Lipinski definition) is 1. The predicted octanol–water partition coefficient (Wildman–Crippen LogP) is 8.42. The Labute approximate surface area is 236 Å². The van der Waals surface area contributed by atoms with Gasteiger partial charge in [0, 0.05) is 10.9 Å². The normalized spacial score (nSPS) is 14.5. The van der Waals surface area contributed by atoms with Crippen molar-refractivity contribution in [3.63, 3.8) is 0 Å². The maximum Gasteiger partial charge on any atom is 0.393 e. The molecule has 0 saturated carbocycles. The maximum absolute atomic E-state index is 14.4. The molecule has 1 amide bonds. The van der Waals surface area contributed by atoms with E-state index in [0.717, 1.165) is 10.7 Å². The van der Waals surface area contributed by atoms with Gasteiger partial charge in [-0.15, -0.1) is 11.3 Å². The topological polar surface area (TPSA) is 55.4 Å². The van der Waals surface area contributed by atoms with E-state index < -0.39 is 69.3 Å². The summed E-state index contributed by atoms with van der Waals surface area (Å²) in [6.07, 6.45) is 0. The number of benzene rings is 1. The van der Waals surface area contributed by atoms with Crippen LogP contribution in [0.2, 0.25) is 0 Å². The van der Waals surface area contributed by atoms with Gasteiger partial charge in [0.25, 0.3) is 0 Å². The number of methoxy groups -OCH3 is 1. The summed E-state index contributed by atoms with van der Waals surface area (Å²) >= 11 is 3.53. The fourth-order valence-electron chi connectivity index (χ4n) is 3.07. The number of rotatable bonds is 11. The summed E-state index contributed by atoms with van der Waals surface area (Å²) in [5.74, 6) is -62.9. The summed E-state index contributed by atoms with van der Waals surface area (Å²) in [6, 6.07) is 6.69. The lowest BCUT2D eigenvalue weighted by molar-refractivity contribution is -0.445. The zero-order valence-corrected chi connectivity index (χ0v) is 21.6. The van der Waals surface area contributed by atoms with E-state index in [1.807, 2.05) is 0 Å². The number of amides is 1. The third-order valence-electron chi connectivity index (χ3n) is 5.50. The summed E-state index contributed by atoms with van der Waals surface area (Å²) in [5, 5.41) is -6.41. The highest BCUT2D eigenvalue weighted by Crippen LogP contribution is 2.64. The smallest absolute Gasteiger partial charge is 0.393 e. The number of esters is 1. The molecule has 0 bridgehead atoms. The lowest BCUT2D eigenvalue weighted by atomic mass is 9.89. The molecule has 0 fully saturated rings. The average molecular weight is 696 g/mol. The third kappa shape index (κ3) is 5.24. The van der Waals surface area contributed by atoms with E-state index in [1.54, 1.807) is 0 Å². The zero-order valence-electron chi connectivity index (χ0n) is 20.0. The van der Waals surface area contributed by atoms with Gasteiger partial charge in [0.2, 0.25) is 0 Å². The lowest BCUT2D eigenvalue weighted by Gasteiger charge is -2.42. The molecule has 0 unspecified atom stereocenters. The van der Waals surface area contributed by atoms with Gasteiger partial charge in [0.15, 0.2) is 0 Å². The first-order valence-corrected chi connectivity index (χ1v) is 11.6. The Morgan fingerprint density at radius 3 is 1.53 bits per heavy atom. The van der Waals surface area contributed by atoms with Gasteiger partial charge in [-0.25, -0.2) is 4.79 Å². The number of halogens is 17. The summed E-state index contributed by atoms with van der Waals surface area (Å²) in [5.41, 5.74) is -1.09. The van der Waals surface area contributed by atoms with Gasteiger partial charge in [0.05, 0.1) is 7.11 Å². The van der Waals surface area contributed by atoms with Crippen molar-refractivity contribution in [3.05, 3.63) is 41.3 Å². The minimum Gasteiger partial charge on any atom is -0.465 e. The Morgan fingerprint density at radius 2 is 1.12 bits per heavy atom. The van der Waals surface area contributed by atoms with E-state index in [2.05, 4.69) is 16.3 Å². The molecular formula is C21H10ClF16NO3S. The quantitative estimate of drug-likeness (QED) is 0.146. The van der Waals surface area contributed by atoms with Crippen molar-refractivity contribution in [1.29, 1.82) is 0 Å². The fraction of sp³-hybridized carbons (Fsp3) is 0.429. The van der Waals surface area contributed by atoms with Crippen LogP contribution >= 0.6 is 22.9 Å². The van der Waals surface area contributed by atoms with Gasteiger partial charge in [0.1, 0.15) is 10.6 Å². The van der Waals surface area contributed by atoms with E-state index in [4.69, 9.17) is 0 Å². The molecule has 4 nitrogen and oxygen atoms in total.